The molecule has 0 spiro atoms. The first-order valence-electron chi connectivity index (χ1n) is 16.2. The number of aliphatic hydroxyl groups excluding tert-OH is 1. The quantitative estimate of drug-likeness (QED) is 0.0971. The highest BCUT2D eigenvalue weighted by Crippen LogP contribution is 2.32. The van der Waals surface area contributed by atoms with Crippen LogP contribution >= 0.6 is 0 Å². The van der Waals surface area contributed by atoms with E-state index in [-0.39, 0.29) is 18.6 Å². The third-order valence-corrected chi connectivity index (χ3v) is 8.31. The monoisotopic (exact) mass is 645 g/mol. The van der Waals surface area contributed by atoms with Crippen LogP contribution in [0.5, 0.6) is 23.0 Å². The summed E-state index contributed by atoms with van der Waals surface area (Å²) in [6.07, 6.45) is 1.54. The minimum atomic E-state index is -0.780. The van der Waals surface area contributed by atoms with Gasteiger partial charge in [0.2, 0.25) is 0 Å². The molecule has 2 atom stereocenters. The van der Waals surface area contributed by atoms with Crippen LogP contribution in [-0.4, -0.2) is 50.9 Å². The maximum atomic E-state index is 11.8. The second-order valence-corrected chi connectivity index (χ2v) is 11.7. The maximum absolute atomic E-state index is 11.8. The Hall–Kier alpha value is -5.11. The predicted molar refractivity (Wildman–Crippen MR) is 188 cm³/mol. The highest BCUT2D eigenvalue weighted by atomic mass is 16.5. The number of hydrogen-bond donors (Lipinski definition) is 2. The SMILES string of the molecule is COc1ccc(C(CC(Cc2ccccc2)NC[C@H](O)COc2ccc(OCc3ccccc3)c(C=O)c2)c2ccc(OC)cc2)cc1. The van der Waals surface area contributed by atoms with E-state index in [1.54, 1.807) is 32.4 Å². The number of methoxy groups -OCH3 is 2. The molecule has 0 amide bonds. The standard InChI is InChI=1S/C41H43NO6/c1-45-37-17-13-32(14-18-37)40(33-15-19-38(46-2)20-16-33)25-35(23-30-9-5-3-6-10-30)42-26-36(44)29-47-39-21-22-41(34(24-39)27-43)48-28-31-11-7-4-8-12-31/h3-22,24,27,35-36,40,42,44H,23,25-26,28-29H2,1-2H3/t35?,36-/m0/s1. The molecular weight excluding hydrogens is 602 g/mol. The van der Waals surface area contributed by atoms with Crippen LogP contribution < -0.4 is 24.3 Å². The Bertz CT molecular complexity index is 1630. The molecule has 5 aromatic rings. The number of benzene rings is 5. The number of hydrogen-bond acceptors (Lipinski definition) is 7. The Morgan fingerprint density at radius 2 is 1.25 bits per heavy atom. The molecule has 0 aliphatic carbocycles. The van der Waals surface area contributed by atoms with E-state index >= 15 is 0 Å². The highest BCUT2D eigenvalue weighted by molar-refractivity contribution is 5.80. The number of carbonyl (C=O) groups excluding carboxylic acids is 1. The van der Waals surface area contributed by atoms with Gasteiger partial charge in [-0.2, -0.15) is 0 Å². The molecule has 7 nitrogen and oxygen atoms in total. The first-order chi connectivity index (χ1) is 23.5. The summed E-state index contributed by atoms with van der Waals surface area (Å²) in [5, 5.41) is 14.6. The molecule has 7 heteroatoms. The summed E-state index contributed by atoms with van der Waals surface area (Å²) < 4.78 is 22.6. The summed E-state index contributed by atoms with van der Waals surface area (Å²) in [5.74, 6) is 2.67. The van der Waals surface area contributed by atoms with E-state index in [0.29, 0.717) is 30.2 Å². The van der Waals surface area contributed by atoms with Gasteiger partial charge in [0, 0.05) is 18.5 Å². The lowest BCUT2D eigenvalue weighted by Crippen LogP contribution is -2.40. The molecule has 5 rings (SSSR count). The molecule has 0 saturated heterocycles. The van der Waals surface area contributed by atoms with Crippen molar-refractivity contribution < 1.29 is 28.8 Å². The lowest BCUT2D eigenvalue weighted by Gasteiger charge is -2.27. The molecule has 248 valence electrons. The van der Waals surface area contributed by atoms with Crippen molar-refractivity contribution in [3.8, 4) is 23.0 Å². The zero-order valence-corrected chi connectivity index (χ0v) is 27.5. The van der Waals surface area contributed by atoms with E-state index in [9.17, 15) is 9.90 Å². The van der Waals surface area contributed by atoms with Gasteiger partial charge in [-0.1, -0.05) is 84.9 Å². The molecule has 1 unspecified atom stereocenters. The van der Waals surface area contributed by atoms with Crippen LogP contribution in [0, 0.1) is 0 Å². The smallest absolute Gasteiger partial charge is 0.153 e. The lowest BCUT2D eigenvalue weighted by molar-refractivity contribution is 0.103. The van der Waals surface area contributed by atoms with Gasteiger partial charge in [0.25, 0.3) is 0 Å². The topological polar surface area (TPSA) is 86.3 Å². The summed E-state index contributed by atoms with van der Waals surface area (Å²) >= 11 is 0. The second-order valence-electron chi connectivity index (χ2n) is 11.7. The van der Waals surface area contributed by atoms with Crippen LogP contribution in [0.25, 0.3) is 0 Å². The van der Waals surface area contributed by atoms with Crippen LogP contribution in [0.2, 0.25) is 0 Å². The number of aldehydes is 1. The van der Waals surface area contributed by atoms with Crippen molar-refractivity contribution >= 4 is 6.29 Å². The van der Waals surface area contributed by atoms with Crippen LogP contribution in [-0.2, 0) is 13.0 Å². The molecule has 0 fully saturated rings. The van der Waals surface area contributed by atoms with Gasteiger partial charge in [-0.05, 0) is 77.6 Å². The largest absolute Gasteiger partial charge is 0.497 e. The van der Waals surface area contributed by atoms with Crippen molar-refractivity contribution in [3.63, 3.8) is 0 Å². The third-order valence-electron chi connectivity index (χ3n) is 8.31. The highest BCUT2D eigenvalue weighted by Gasteiger charge is 2.22. The van der Waals surface area contributed by atoms with Gasteiger partial charge in [-0.25, -0.2) is 0 Å². The van der Waals surface area contributed by atoms with Gasteiger partial charge < -0.3 is 29.4 Å². The summed E-state index contributed by atoms with van der Waals surface area (Å²) in [4.78, 5) is 11.8. The number of ether oxygens (including phenoxy) is 4. The summed E-state index contributed by atoms with van der Waals surface area (Å²) in [5.41, 5.74) is 4.95. The Labute approximate surface area is 283 Å². The van der Waals surface area contributed by atoms with Crippen molar-refractivity contribution in [2.24, 2.45) is 0 Å². The Balaban J connectivity index is 1.25. The van der Waals surface area contributed by atoms with Gasteiger partial charge in [-0.15, -0.1) is 0 Å². The number of aliphatic hydroxyl groups is 1. The molecule has 2 N–H and O–H groups in total. The molecule has 0 aliphatic rings. The van der Waals surface area contributed by atoms with Gasteiger partial charge >= 0.3 is 0 Å². The van der Waals surface area contributed by atoms with E-state index in [1.165, 1.54) is 16.7 Å². The van der Waals surface area contributed by atoms with E-state index in [0.717, 1.165) is 36.2 Å². The van der Waals surface area contributed by atoms with E-state index in [4.69, 9.17) is 18.9 Å². The fourth-order valence-corrected chi connectivity index (χ4v) is 5.69. The Kier molecular flexibility index (Phi) is 12.6. The maximum Gasteiger partial charge on any atom is 0.153 e. The molecular formula is C41H43NO6. The van der Waals surface area contributed by atoms with Crippen LogP contribution in [0.3, 0.4) is 0 Å². The van der Waals surface area contributed by atoms with Crippen LogP contribution in [0.15, 0.2) is 127 Å². The minimum absolute atomic E-state index is 0.0407. The number of nitrogens with one attached hydrogen (secondary N) is 1. The molecule has 0 radical (unpaired) electrons. The Morgan fingerprint density at radius 1 is 0.688 bits per heavy atom. The average Bonchev–Trinajstić information content (AvgIpc) is 3.15. The molecule has 0 bridgehead atoms. The zero-order chi connectivity index (χ0) is 33.6. The molecule has 48 heavy (non-hydrogen) atoms. The predicted octanol–water partition coefficient (Wildman–Crippen LogP) is 7.26. The van der Waals surface area contributed by atoms with Crippen molar-refractivity contribution in [1.29, 1.82) is 0 Å². The van der Waals surface area contributed by atoms with Gasteiger partial charge in [-0.3, -0.25) is 4.79 Å². The van der Waals surface area contributed by atoms with Crippen LogP contribution in [0.1, 0.15) is 45.0 Å². The van der Waals surface area contributed by atoms with Crippen molar-refractivity contribution in [1.82, 2.24) is 5.32 Å². The van der Waals surface area contributed by atoms with Crippen LogP contribution in [0.4, 0.5) is 0 Å². The first-order valence-corrected chi connectivity index (χ1v) is 16.2. The van der Waals surface area contributed by atoms with E-state index in [2.05, 4.69) is 41.7 Å². The second kappa shape index (κ2) is 17.7. The zero-order valence-electron chi connectivity index (χ0n) is 27.5. The van der Waals surface area contributed by atoms with Gasteiger partial charge in [0.15, 0.2) is 6.29 Å². The summed E-state index contributed by atoms with van der Waals surface area (Å²) in [6, 6.07) is 41.7. The minimum Gasteiger partial charge on any atom is -0.497 e. The fourth-order valence-electron chi connectivity index (χ4n) is 5.69. The molecule has 0 aromatic heterocycles. The fraction of sp³-hybridized carbons (Fsp3) is 0.244. The van der Waals surface area contributed by atoms with Crippen molar-refractivity contribution in [2.75, 3.05) is 27.4 Å². The molecule has 0 saturated carbocycles. The van der Waals surface area contributed by atoms with Gasteiger partial charge in [0.05, 0.1) is 19.8 Å². The van der Waals surface area contributed by atoms with Gasteiger partial charge in [0.1, 0.15) is 42.3 Å². The summed E-state index contributed by atoms with van der Waals surface area (Å²) in [6.45, 7) is 0.746. The molecule has 5 aromatic carbocycles. The van der Waals surface area contributed by atoms with Crippen molar-refractivity contribution in [3.05, 3.63) is 155 Å². The normalized spacial score (nSPS) is 12.2. The van der Waals surface area contributed by atoms with Crippen molar-refractivity contribution in [2.45, 2.75) is 37.5 Å². The third kappa shape index (κ3) is 9.94. The molecule has 0 aliphatic heterocycles. The Morgan fingerprint density at radius 3 is 1.81 bits per heavy atom. The lowest BCUT2D eigenvalue weighted by atomic mass is 9.84. The number of carbonyl (C=O) groups is 1. The van der Waals surface area contributed by atoms with E-state index in [1.807, 2.05) is 72.8 Å². The first kappa shape index (κ1) is 34.2. The van der Waals surface area contributed by atoms with E-state index < -0.39 is 6.10 Å². The summed E-state index contributed by atoms with van der Waals surface area (Å²) in [7, 11) is 3.34. The number of rotatable bonds is 18. The molecule has 0 heterocycles. The average molecular weight is 646 g/mol.